The molecule has 9 heteroatoms. The molecule has 0 radical (unpaired) electrons. The topological polar surface area (TPSA) is 96.6 Å². The lowest BCUT2D eigenvalue weighted by Crippen LogP contribution is -2.44. The minimum atomic E-state index is -0.0256. The summed E-state index contributed by atoms with van der Waals surface area (Å²) in [5.74, 6) is 0.926. The number of ether oxygens (including phenoxy) is 1. The molecule has 0 saturated carbocycles. The third-order valence-electron chi connectivity index (χ3n) is 5.57. The summed E-state index contributed by atoms with van der Waals surface area (Å²) in [6.07, 6.45) is 4.33. The van der Waals surface area contributed by atoms with Gasteiger partial charge in [0.1, 0.15) is 17.5 Å². The van der Waals surface area contributed by atoms with Crippen molar-refractivity contribution in [3.8, 4) is 0 Å². The number of amides is 1. The van der Waals surface area contributed by atoms with Crippen molar-refractivity contribution in [2.24, 2.45) is 5.92 Å². The number of aryl methyl sites for hydroxylation is 1. The summed E-state index contributed by atoms with van der Waals surface area (Å²) in [7, 11) is 0. The molecule has 1 amide bonds. The minimum Gasteiger partial charge on any atom is -0.379 e. The van der Waals surface area contributed by atoms with E-state index in [4.69, 9.17) is 9.26 Å². The first-order valence-corrected chi connectivity index (χ1v) is 10.1. The number of nitrogens with zero attached hydrogens (tertiary/aromatic N) is 5. The van der Waals surface area contributed by atoms with E-state index in [-0.39, 0.29) is 11.8 Å². The number of fused-ring (bicyclic) bond motifs is 1. The highest BCUT2D eigenvalue weighted by molar-refractivity contribution is 5.88. The molecule has 1 N–H and O–H groups in total. The highest BCUT2D eigenvalue weighted by atomic mass is 16.5. The van der Waals surface area contributed by atoms with Crippen LogP contribution in [0, 0.1) is 12.8 Å². The van der Waals surface area contributed by atoms with Crippen LogP contribution in [-0.2, 0) is 9.53 Å². The predicted molar refractivity (Wildman–Crippen MR) is 104 cm³/mol. The van der Waals surface area contributed by atoms with Crippen LogP contribution in [0.5, 0.6) is 0 Å². The SMILES string of the molecule is Cc1noc2ncnc(N3CCCC(C(=O)NCCCN4CCOCC4)C3)c12. The highest BCUT2D eigenvalue weighted by Crippen LogP contribution is 2.29. The van der Waals surface area contributed by atoms with Crippen molar-refractivity contribution in [2.45, 2.75) is 26.2 Å². The van der Waals surface area contributed by atoms with Crippen LogP contribution in [0.15, 0.2) is 10.9 Å². The van der Waals surface area contributed by atoms with Crippen LogP contribution in [0.25, 0.3) is 11.1 Å². The molecular formula is C19H28N6O3. The number of anilines is 1. The van der Waals surface area contributed by atoms with E-state index in [0.29, 0.717) is 12.3 Å². The molecule has 28 heavy (non-hydrogen) atoms. The molecule has 1 unspecified atom stereocenters. The predicted octanol–water partition coefficient (Wildman–Crippen LogP) is 0.981. The van der Waals surface area contributed by atoms with E-state index in [1.807, 2.05) is 6.92 Å². The van der Waals surface area contributed by atoms with Crippen LogP contribution >= 0.6 is 0 Å². The summed E-state index contributed by atoms with van der Waals surface area (Å²) >= 11 is 0. The molecule has 2 aliphatic rings. The molecular weight excluding hydrogens is 360 g/mol. The van der Waals surface area contributed by atoms with Crippen molar-refractivity contribution >= 4 is 22.8 Å². The first-order valence-electron chi connectivity index (χ1n) is 10.1. The average Bonchev–Trinajstić information content (AvgIpc) is 3.13. The Kier molecular flexibility index (Phi) is 6.01. The summed E-state index contributed by atoms with van der Waals surface area (Å²) in [4.78, 5) is 25.8. The lowest BCUT2D eigenvalue weighted by Gasteiger charge is -2.33. The molecule has 4 heterocycles. The van der Waals surface area contributed by atoms with Crippen LogP contribution in [0.2, 0.25) is 0 Å². The first-order chi connectivity index (χ1) is 13.7. The van der Waals surface area contributed by atoms with E-state index in [1.54, 1.807) is 0 Å². The van der Waals surface area contributed by atoms with Gasteiger partial charge < -0.3 is 19.5 Å². The van der Waals surface area contributed by atoms with Gasteiger partial charge in [0.2, 0.25) is 5.91 Å². The molecule has 2 aromatic rings. The number of morpholine rings is 1. The summed E-state index contributed by atoms with van der Waals surface area (Å²) < 4.78 is 10.6. The summed E-state index contributed by atoms with van der Waals surface area (Å²) in [5, 5.41) is 7.96. The van der Waals surface area contributed by atoms with Crippen LogP contribution in [-0.4, -0.2) is 78.4 Å². The monoisotopic (exact) mass is 388 g/mol. The van der Waals surface area contributed by atoms with E-state index in [2.05, 4.69) is 30.2 Å². The number of hydrogen-bond donors (Lipinski definition) is 1. The van der Waals surface area contributed by atoms with Crippen LogP contribution < -0.4 is 10.2 Å². The third kappa shape index (κ3) is 4.25. The fourth-order valence-corrected chi connectivity index (χ4v) is 4.01. The number of carbonyl (C=O) groups is 1. The molecule has 152 valence electrons. The Morgan fingerprint density at radius 3 is 3.00 bits per heavy atom. The Bertz CT molecular complexity index is 804. The minimum absolute atomic E-state index is 0.0256. The van der Waals surface area contributed by atoms with Gasteiger partial charge in [0.15, 0.2) is 0 Å². The fourth-order valence-electron chi connectivity index (χ4n) is 4.01. The maximum absolute atomic E-state index is 12.7. The van der Waals surface area contributed by atoms with E-state index in [9.17, 15) is 4.79 Å². The van der Waals surface area contributed by atoms with E-state index >= 15 is 0 Å². The number of rotatable bonds is 6. The first kappa shape index (κ1) is 19.1. The lowest BCUT2D eigenvalue weighted by molar-refractivity contribution is -0.125. The van der Waals surface area contributed by atoms with Gasteiger partial charge in [-0.15, -0.1) is 0 Å². The zero-order chi connectivity index (χ0) is 19.3. The van der Waals surface area contributed by atoms with Crippen molar-refractivity contribution in [1.82, 2.24) is 25.3 Å². The fraction of sp³-hybridized carbons (Fsp3) is 0.684. The van der Waals surface area contributed by atoms with Gasteiger partial charge in [-0.1, -0.05) is 5.16 Å². The molecule has 0 aromatic carbocycles. The summed E-state index contributed by atoms with van der Waals surface area (Å²) in [5.41, 5.74) is 1.28. The number of nitrogens with one attached hydrogen (secondary N) is 1. The molecule has 0 bridgehead atoms. The van der Waals surface area contributed by atoms with Gasteiger partial charge in [-0.2, -0.15) is 4.98 Å². The van der Waals surface area contributed by atoms with Crippen LogP contribution in [0.3, 0.4) is 0 Å². The second-order valence-electron chi connectivity index (χ2n) is 7.53. The second kappa shape index (κ2) is 8.83. The van der Waals surface area contributed by atoms with Crippen molar-refractivity contribution in [1.29, 1.82) is 0 Å². The van der Waals surface area contributed by atoms with Gasteiger partial charge in [-0.3, -0.25) is 9.69 Å². The molecule has 0 spiro atoms. The molecule has 0 aliphatic carbocycles. The number of piperidine rings is 1. The van der Waals surface area contributed by atoms with Crippen molar-refractivity contribution in [2.75, 3.05) is 57.4 Å². The summed E-state index contributed by atoms with van der Waals surface area (Å²) in [6.45, 7) is 8.74. The van der Waals surface area contributed by atoms with Crippen LogP contribution in [0.1, 0.15) is 25.0 Å². The zero-order valence-corrected chi connectivity index (χ0v) is 16.4. The lowest BCUT2D eigenvalue weighted by atomic mass is 9.97. The van der Waals surface area contributed by atoms with E-state index < -0.39 is 0 Å². The van der Waals surface area contributed by atoms with Gasteiger partial charge in [-0.25, -0.2) is 4.98 Å². The smallest absolute Gasteiger partial charge is 0.263 e. The number of hydrogen-bond acceptors (Lipinski definition) is 8. The quantitative estimate of drug-likeness (QED) is 0.732. The van der Waals surface area contributed by atoms with Gasteiger partial charge >= 0.3 is 0 Å². The normalized spacial score (nSPS) is 21.2. The maximum Gasteiger partial charge on any atom is 0.263 e. The molecule has 2 aliphatic heterocycles. The molecule has 2 aromatic heterocycles. The Morgan fingerprint density at radius 1 is 1.29 bits per heavy atom. The third-order valence-corrected chi connectivity index (χ3v) is 5.57. The summed E-state index contributed by atoms with van der Waals surface area (Å²) in [6, 6.07) is 0. The van der Waals surface area contributed by atoms with Gasteiger partial charge in [0.25, 0.3) is 5.71 Å². The van der Waals surface area contributed by atoms with Gasteiger partial charge in [0, 0.05) is 32.7 Å². The molecule has 2 fully saturated rings. The molecule has 4 rings (SSSR count). The van der Waals surface area contributed by atoms with Crippen molar-refractivity contribution in [3.63, 3.8) is 0 Å². The Balaban J connectivity index is 1.30. The Hall–Kier alpha value is -2.26. The molecule has 1 atom stereocenters. The van der Waals surface area contributed by atoms with E-state index in [0.717, 1.165) is 82.1 Å². The number of aromatic nitrogens is 3. The maximum atomic E-state index is 12.7. The number of carbonyl (C=O) groups excluding carboxylic acids is 1. The zero-order valence-electron chi connectivity index (χ0n) is 16.4. The Morgan fingerprint density at radius 2 is 2.14 bits per heavy atom. The van der Waals surface area contributed by atoms with Crippen LogP contribution in [0.4, 0.5) is 5.82 Å². The second-order valence-corrected chi connectivity index (χ2v) is 7.53. The van der Waals surface area contributed by atoms with Crippen molar-refractivity contribution in [3.05, 3.63) is 12.0 Å². The highest BCUT2D eigenvalue weighted by Gasteiger charge is 2.28. The Labute approximate surface area is 164 Å². The van der Waals surface area contributed by atoms with Gasteiger partial charge in [0.05, 0.1) is 24.8 Å². The molecule has 2 saturated heterocycles. The van der Waals surface area contributed by atoms with E-state index in [1.165, 1.54) is 6.33 Å². The van der Waals surface area contributed by atoms with Crippen molar-refractivity contribution < 1.29 is 14.1 Å². The molecule has 9 nitrogen and oxygen atoms in total. The largest absolute Gasteiger partial charge is 0.379 e. The average molecular weight is 388 g/mol. The van der Waals surface area contributed by atoms with Gasteiger partial charge in [-0.05, 0) is 32.7 Å². The standard InChI is InChI=1S/C19H28N6O3/c1-14-16-17(21-13-22-19(16)28-23-14)25-7-2-4-15(12-25)18(26)20-5-3-6-24-8-10-27-11-9-24/h13,15H,2-12H2,1H3,(H,20,26).